The average Bonchev–Trinajstić information content (AvgIpc) is 3.25. The Hall–Kier alpha value is -2.39. The molecule has 3 rings (SSSR count). The van der Waals surface area contributed by atoms with Crippen LogP contribution in [-0.4, -0.2) is 41.3 Å². The second-order valence-corrected chi connectivity index (χ2v) is 7.58. The number of aliphatic imine (C=N–C) groups is 1. The minimum Gasteiger partial charge on any atom is -0.357 e. The number of hydrogen-bond donors (Lipinski definition) is 2. The van der Waals surface area contributed by atoms with Gasteiger partial charge in [0.05, 0.1) is 13.1 Å². The molecule has 6 nitrogen and oxygen atoms in total. The fraction of sp³-hybridized carbons (Fsp3) is 0.333. The van der Waals surface area contributed by atoms with Crippen LogP contribution in [0.2, 0.25) is 0 Å². The maximum absolute atomic E-state index is 4.76. The molecule has 0 amide bonds. The van der Waals surface area contributed by atoms with Gasteiger partial charge in [-0.05, 0) is 49.3 Å². The van der Waals surface area contributed by atoms with E-state index in [9.17, 15) is 0 Å². The summed E-state index contributed by atoms with van der Waals surface area (Å²) in [5, 5.41) is 11.1. The molecule has 1 aromatic heterocycles. The summed E-state index contributed by atoms with van der Waals surface area (Å²) in [5.41, 5.74) is 5.01. The van der Waals surface area contributed by atoms with Gasteiger partial charge in [-0.25, -0.2) is 4.99 Å². The molecular weight excluding hydrogens is 499 g/mol. The molecule has 0 radical (unpaired) electrons. The number of nitrogens with zero attached hydrogens (tertiary/aromatic N) is 4. The number of guanidine groups is 1. The van der Waals surface area contributed by atoms with Crippen LogP contribution in [0.1, 0.15) is 29.2 Å². The van der Waals surface area contributed by atoms with E-state index in [1.165, 1.54) is 22.3 Å². The summed E-state index contributed by atoms with van der Waals surface area (Å²) in [7, 11) is 4.17. The first-order valence-electron chi connectivity index (χ1n) is 10.4. The summed E-state index contributed by atoms with van der Waals surface area (Å²) in [5.74, 6) is 0.823. The largest absolute Gasteiger partial charge is 0.357 e. The van der Waals surface area contributed by atoms with E-state index in [4.69, 9.17) is 4.99 Å². The third-order valence-corrected chi connectivity index (χ3v) is 4.74. The molecule has 1 heterocycles. The van der Waals surface area contributed by atoms with Crippen molar-refractivity contribution in [2.24, 2.45) is 4.99 Å². The van der Waals surface area contributed by atoms with Gasteiger partial charge in [-0.1, -0.05) is 48.5 Å². The first-order chi connectivity index (χ1) is 14.6. The van der Waals surface area contributed by atoms with Crippen molar-refractivity contribution in [3.8, 4) is 0 Å². The summed E-state index contributed by atoms with van der Waals surface area (Å²) >= 11 is 0. The minimum absolute atomic E-state index is 0. The molecule has 0 aliphatic rings. The molecule has 2 aromatic carbocycles. The van der Waals surface area contributed by atoms with E-state index in [0.29, 0.717) is 13.1 Å². The maximum atomic E-state index is 4.76. The summed E-state index contributed by atoms with van der Waals surface area (Å²) in [6.07, 6.45) is 3.80. The molecule has 3 aromatic rings. The Balaban J connectivity index is 0.00000341. The smallest absolute Gasteiger partial charge is 0.191 e. The van der Waals surface area contributed by atoms with Crippen LogP contribution in [0.5, 0.6) is 0 Å². The van der Waals surface area contributed by atoms with Crippen LogP contribution >= 0.6 is 24.0 Å². The molecule has 0 aliphatic carbocycles. The normalized spacial score (nSPS) is 11.3. The van der Waals surface area contributed by atoms with Crippen molar-refractivity contribution in [1.29, 1.82) is 0 Å². The molecule has 7 heteroatoms. The molecular formula is C24H33IN6. The SMILES string of the molecule is CCNC(=NCc1ccc(CN(C)C)cc1)NCc1ccccc1Cn1cccn1.I. The zero-order chi connectivity index (χ0) is 21.2. The van der Waals surface area contributed by atoms with E-state index in [2.05, 4.69) is 90.2 Å². The summed E-state index contributed by atoms with van der Waals surface area (Å²) in [6.45, 7) is 5.97. The molecule has 0 saturated carbocycles. The predicted molar refractivity (Wildman–Crippen MR) is 139 cm³/mol. The van der Waals surface area contributed by atoms with E-state index in [1.807, 2.05) is 23.1 Å². The Labute approximate surface area is 202 Å². The van der Waals surface area contributed by atoms with Crippen LogP contribution in [0.3, 0.4) is 0 Å². The van der Waals surface area contributed by atoms with Crippen LogP contribution < -0.4 is 10.6 Å². The molecule has 0 fully saturated rings. The fourth-order valence-electron chi connectivity index (χ4n) is 3.26. The van der Waals surface area contributed by atoms with E-state index in [1.54, 1.807) is 0 Å². The lowest BCUT2D eigenvalue weighted by Gasteiger charge is -2.14. The van der Waals surface area contributed by atoms with Crippen molar-refractivity contribution in [3.63, 3.8) is 0 Å². The Morgan fingerprint density at radius 1 is 0.968 bits per heavy atom. The molecule has 0 unspecified atom stereocenters. The molecule has 2 N–H and O–H groups in total. The topological polar surface area (TPSA) is 57.5 Å². The number of nitrogens with one attached hydrogen (secondary N) is 2. The molecule has 0 saturated heterocycles. The quantitative estimate of drug-likeness (QED) is 0.250. The number of rotatable bonds is 9. The van der Waals surface area contributed by atoms with Gasteiger partial charge in [0.2, 0.25) is 0 Å². The van der Waals surface area contributed by atoms with Crippen molar-refractivity contribution in [2.75, 3.05) is 20.6 Å². The molecule has 0 aliphatic heterocycles. The highest BCUT2D eigenvalue weighted by molar-refractivity contribution is 14.0. The lowest BCUT2D eigenvalue weighted by Crippen LogP contribution is -2.37. The maximum Gasteiger partial charge on any atom is 0.191 e. The molecule has 0 spiro atoms. The Morgan fingerprint density at radius 3 is 2.32 bits per heavy atom. The molecule has 31 heavy (non-hydrogen) atoms. The molecule has 166 valence electrons. The van der Waals surface area contributed by atoms with Gasteiger partial charge in [-0.2, -0.15) is 5.10 Å². The number of halogens is 1. The van der Waals surface area contributed by atoms with Crippen LogP contribution in [0, 0.1) is 0 Å². The Kier molecular flexibility index (Phi) is 10.5. The molecule has 0 atom stereocenters. The first-order valence-corrected chi connectivity index (χ1v) is 10.4. The first kappa shape index (κ1) is 24.9. The number of aromatic nitrogens is 2. The van der Waals surface area contributed by atoms with Crippen molar-refractivity contribution >= 4 is 29.9 Å². The monoisotopic (exact) mass is 532 g/mol. The average molecular weight is 532 g/mol. The lowest BCUT2D eigenvalue weighted by atomic mass is 10.1. The Bertz CT molecular complexity index is 920. The van der Waals surface area contributed by atoms with Gasteiger partial charge in [0.1, 0.15) is 0 Å². The minimum atomic E-state index is 0. The van der Waals surface area contributed by atoms with Crippen LogP contribution in [-0.2, 0) is 26.2 Å². The van der Waals surface area contributed by atoms with Crippen molar-refractivity contribution < 1.29 is 0 Å². The van der Waals surface area contributed by atoms with Gasteiger partial charge in [-0.15, -0.1) is 24.0 Å². The Morgan fingerprint density at radius 2 is 1.68 bits per heavy atom. The van der Waals surface area contributed by atoms with Gasteiger partial charge < -0.3 is 15.5 Å². The number of hydrogen-bond acceptors (Lipinski definition) is 3. The third-order valence-electron chi connectivity index (χ3n) is 4.74. The predicted octanol–water partition coefficient (Wildman–Crippen LogP) is 3.87. The molecule has 0 bridgehead atoms. The van der Waals surface area contributed by atoms with Crippen molar-refractivity contribution in [3.05, 3.63) is 89.2 Å². The van der Waals surface area contributed by atoms with Crippen LogP contribution in [0.4, 0.5) is 0 Å². The van der Waals surface area contributed by atoms with Gasteiger partial charge in [0.25, 0.3) is 0 Å². The second-order valence-electron chi connectivity index (χ2n) is 7.58. The lowest BCUT2D eigenvalue weighted by molar-refractivity contribution is 0.402. The fourth-order valence-corrected chi connectivity index (χ4v) is 3.26. The van der Waals surface area contributed by atoms with E-state index in [-0.39, 0.29) is 24.0 Å². The standard InChI is InChI=1S/C24H32N6.HI/c1-4-25-24(26-16-20-10-12-21(13-11-20)18-29(2)3)27-17-22-8-5-6-9-23(22)19-30-15-7-14-28-30;/h5-15H,4,16-19H2,1-3H3,(H2,25,26,27);1H. The van der Waals surface area contributed by atoms with Gasteiger partial charge in [-0.3, -0.25) is 4.68 Å². The second kappa shape index (κ2) is 13.1. The highest BCUT2D eigenvalue weighted by Gasteiger charge is 2.05. The summed E-state index contributed by atoms with van der Waals surface area (Å²) in [6, 6.07) is 19.1. The van der Waals surface area contributed by atoms with Crippen LogP contribution in [0.25, 0.3) is 0 Å². The third kappa shape index (κ3) is 8.34. The highest BCUT2D eigenvalue weighted by Crippen LogP contribution is 2.11. The van der Waals surface area contributed by atoms with E-state index in [0.717, 1.165) is 25.6 Å². The van der Waals surface area contributed by atoms with E-state index >= 15 is 0 Å². The van der Waals surface area contributed by atoms with Crippen molar-refractivity contribution in [2.45, 2.75) is 33.1 Å². The van der Waals surface area contributed by atoms with Gasteiger partial charge >= 0.3 is 0 Å². The van der Waals surface area contributed by atoms with E-state index < -0.39 is 0 Å². The zero-order valence-electron chi connectivity index (χ0n) is 18.6. The summed E-state index contributed by atoms with van der Waals surface area (Å²) in [4.78, 5) is 6.93. The highest BCUT2D eigenvalue weighted by atomic mass is 127. The van der Waals surface area contributed by atoms with Gasteiger partial charge in [0.15, 0.2) is 5.96 Å². The van der Waals surface area contributed by atoms with Crippen molar-refractivity contribution in [1.82, 2.24) is 25.3 Å². The zero-order valence-corrected chi connectivity index (χ0v) is 20.9. The van der Waals surface area contributed by atoms with Crippen LogP contribution in [0.15, 0.2) is 72.0 Å². The number of benzene rings is 2. The van der Waals surface area contributed by atoms with Gasteiger partial charge in [0, 0.05) is 32.0 Å². The summed E-state index contributed by atoms with van der Waals surface area (Å²) < 4.78 is 1.94.